The van der Waals surface area contributed by atoms with Gasteiger partial charge in [-0.2, -0.15) is 4.98 Å². The summed E-state index contributed by atoms with van der Waals surface area (Å²) in [5.41, 5.74) is 1.71. The zero-order valence-corrected chi connectivity index (χ0v) is 14.5. The zero-order chi connectivity index (χ0) is 17.8. The fourth-order valence-electron chi connectivity index (χ4n) is 2.48. The van der Waals surface area contributed by atoms with Crippen LogP contribution in [0.3, 0.4) is 0 Å². The van der Waals surface area contributed by atoms with E-state index in [1.54, 1.807) is 30.5 Å². The maximum atomic E-state index is 12.6. The maximum absolute atomic E-state index is 12.6. The number of aryl methyl sites for hydroxylation is 1. The number of furan rings is 1. The van der Waals surface area contributed by atoms with Crippen molar-refractivity contribution in [2.24, 2.45) is 5.92 Å². The largest absolute Gasteiger partial charge is 0.461 e. The Morgan fingerprint density at radius 3 is 2.64 bits per heavy atom. The van der Waals surface area contributed by atoms with Crippen molar-refractivity contribution in [1.82, 2.24) is 15.5 Å². The lowest BCUT2D eigenvalue weighted by Gasteiger charge is -2.20. The number of nitrogens with one attached hydrogen (secondary N) is 1. The molecule has 3 aromatic rings. The van der Waals surface area contributed by atoms with Crippen LogP contribution in [0.2, 0.25) is 0 Å². The first-order valence-corrected chi connectivity index (χ1v) is 8.33. The first-order valence-electron chi connectivity index (χ1n) is 8.33. The van der Waals surface area contributed by atoms with Crippen molar-refractivity contribution >= 4 is 5.91 Å². The molecule has 2 heterocycles. The molecule has 0 fully saturated rings. The van der Waals surface area contributed by atoms with E-state index in [4.69, 9.17) is 8.94 Å². The predicted octanol–water partition coefficient (Wildman–Crippen LogP) is 4.16. The smallest absolute Gasteiger partial charge is 0.251 e. The lowest BCUT2D eigenvalue weighted by Crippen LogP contribution is -2.32. The normalized spacial score (nSPS) is 13.4. The molecule has 1 N–H and O–H groups in total. The third kappa shape index (κ3) is 3.79. The van der Waals surface area contributed by atoms with Gasteiger partial charge in [-0.1, -0.05) is 43.1 Å². The molecule has 130 valence electrons. The first kappa shape index (κ1) is 17.0. The molecule has 0 bridgehead atoms. The van der Waals surface area contributed by atoms with Crippen molar-refractivity contribution in [2.45, 2.75) is 33.2 Å². The van der Waals surface area contributed by atoms with E-state index in [0.717, 1.165) is 12.0 Å². The second-order valence-corrected chi connectivity index (χ2v) is 6.14. The van der Waals surface area contributed by atoms with Crippen LogP contribution in [-0.2, 0) is 0 Å². The molecule has 0 radical (unpaired) electrons. The quantitative estimate of drug-likeness (QED) is 0.729. The molecule has 3 rings (SSSR count). The number of carbonyl (C=O) groups excluding carboxylic acids is 1. The molecule has 1 aromatic carbocycles. The van der Waals surface area contributed by atoms with E-state index in [1.165, 1.54) is 0 Å². The molecule has 2 atom stereocenters. The highest BCUT2D eigenvalue weighted by atomic mass is 16.5. The van der Waals surface area contributed by atoms with Gasteiger partial charge in [0.15, 0.2) is 5.76 Å². The molecule has 6 heteroatoms. The Balaban J connectivity index is 1.82. The molecule has 0 saturated heterocycles. The number of rotatable bonds is 6. The summed E-state index contributed by atoms with van der Waals surface area (Å²) in [7, 11) is 0. The van der Waals surface area contributed by atoms with Crippen LogP contribution in [-0.4, -0.2) is 16.0 Å². The molecule has 2 aromatic heterocycles. The van der Waals surface area contributed by atoms with Crippen molar-refractivity contribution in [3.63, 3.8) is 0 Å². The second-order valence-electron chi connectivity index (χ2n) is 6.14. The van der Waals surface area contributed by atoms with E-state index in [0.29, 0.717) is 23.0 Å². The molecule has 0 aliphatic carbocycles. The third-order valence-corrected chi connectivity index (χ3v) is 4.26. The van der Waals surface area contributed by atoms with Crippen molar-refractivity contribution in [2.75, 3.05) is 0 Å². The van der Waals surface area contributed by atoms with Crippen LogP contribution in [0.4, 0.5) is 0 Å². The molecule has 25 heavy (non-hydrogen) atoms. The molecule has 0 unspecified atom stereocenters. The molecular formula is C19H21N3O3. The van der Waals surface area contributed by atoms with E-state index in [-0.39, 0.29) is 17.9 Å². The van der Waals surface area contributed by atoms with Crippen LogP contribution in [0.5, 0.6) is 0 Å². The standard InChI is InChI=1S/C19H21N3O3/c1-4-13(3)16(20-18(23)14-9-7-12(2)8-10-14)19-21-17(22-25-19)15-6-5-11-24-15/h5-11,13,16H,4H2,1-3H3,(H,20,23)/t13-,16+/m1/s1. The summed E-state index contributed by atoms with van der Waals surface area (Å²) < 4.78 is 10.7. The van der Waals surface area contributed by atoms with Gasteiger partial charge in [-0.3, -0.25) is 4.79 Å². The molecule has 0 saturated carbocycles. The Morgan fingerprint density at radius 2 is 2.00 bits per heavy atom. The third-order valence-electron chi connectivity index (χ3n) is 4.26. The van der Waals surface area contributed by atoms with Gasteiger partial charge in [0.05, 0.1) is 6.26 Å². The summed E-state index contributed by atoms with van der Waals surface area (Å²) in [5.74, 6) is 1.25. The van der Waals surface area contributed by atoms with Gasteiger partial charge in [-0.25, -0.2) is 0 Å². The molecule has 1 amide bonds. The number of amides is 1. The fraction of sp³-hybridized carbons (Fsp3) is 0.316. The minimum Gasteiger partial charge on any atom is -0.461 e. The maximum Gasteiger partial charge on any atom is 0.251 e. The van der Waals surface area contributed by atoms with Gasteiger partial charge >= 0.3 is 0 Å². The number of hydrogen-bond donors (Lipinski definition) is 1. The van der Waals surface area contributed by atoms with Gasteiger partial charge in [0.2, 0.25) is 11.7 Å². The Bertz CT molecular complexity index is 822. The zero-order valence-electron chi connectivity index (χ0n) is 14.5. The van der Waals surface area contributed by atoms with E-state index in [2.05, 4.69) is 22.4 Å². The predicted molar refractivity (Wildman–Crippen MR) is 92.8 cm³/mol. The minimum atomic E-state index is -0.366. The lowest BCUT2D eigenvalue weighted by molar-refractivity contribution is 0.0910. The summed E-state index contributed by atoms with van der Waals surface area (Å²) in [6.07, 6.45) is 2.41. The highest BCUT2D eigenvalue weighted by Gasteiger charge is 2.27. The summed E-state index contributed by atoms with van der Waals surface area (Å²) in [6.45, 7) is 6.08. The molecule has 6 nitrogen and oxygen atoms in total. The highest BCUT2D eigenvalue weighted by molar-refractivity contribution is 5.94. The van der Waals surface area contributed by atoms with Crippen LogP contribution < -0.4 is 5.32 Å². The topological polar surface area (TPSA) is 81.2 Å². The second kappa shape index (κ2) is 7.34. The number of benzene rings is 1. The van der Waals surface area contributed by atoms with Crippen molar-refractivity contribution in [3.05, 3.63) is 59.7 Å². The Morgan fingerprint density at radius 1 is 1.24 bits per heavy atom. The van der Waals surface area contributed by atoms with E-state index >= 15 is 0 Å². The van der Waals surface area contributed by atoms with Crippen LogP contribution in [0, 0.1) is 12.8 Å². The number of aromatic nitrogens is 2. The Hall–Kier alpha value is -2.89. The number of nitrogens with zero attached hydrogens (tertiary/aromatic N) is 2. The van der Waals surface area contributed by atoms with Gasteiger partial charge in [-0.15, -0.1) is 0 Å². The summed E-state index contributed by atoms with van der Waals surface area (Å²) in [6, 6.07) is 10.6. The van der Waals surface area contributed by atoms with Crippen LogP contribution in [0.15, 0.2) is 51.6 Å². The van der Waals surface area contributed by atoms with Gasteiger partial charge in [0, 0.05) is 5.56 Å². The van der Waals surface area contributed by atoms with Crippen molar-refractivity contribution < 1.29 is 13.7 Å². The van der Waals surface area contributed by atoms with Gasteiger partial charge < -0.3 is 14.3 Å². The minimum absolute atomic E-state index is 0.138. The van der Waals surface area contributed by atoms with Crippen molar-refractivity contribution in [1.29, 1.82) is 0 Å². The average molecular weight is 339 g/mol. The monoisotopic (exact) mass is 339 g/mol. The SMILES string of the molecule is CC[C@@H](C)[C@H](NC(=O)c1ccc(C)cc1)c1nc(-c2ccco2)no1. The average Bonchev–Trinajstić information content (AvgIpc) is 3.30. The Kier molecular flexibility index (Phi) is 4.97. The Labute approximate surface area is 146 Å². The molecule has 0 aliphatic heterocycles. The molecular weight excluding hydrogens is 318 g/mol. The first-order chi connectivity index (χ1) is 12.1. The van der Waals surface area contributed by atoms with E-state index in [1.807, 2.05) is 26.0 Å². The van der Waals surface area contributed by atoms with E-state index < -0.39 is 0 Å². The van der Waals surface area contributed by atoms with Crippen LogP contribution >= 0.6 is 0 Å². The van der Waals surface area contributed by atoms with Crippen molar-refractivity contribution in [3.8, 4) is 11.6 Å². The lowest BCUT2D eigenvalue weighted by atomic mass is 9.98. The fourth-order valence-corrected chi connectivity index (χ4v) is 2.48. The molecule has 0 aliphatic rings. The van der Waals surface area contributed by atoms with Crippen LogP contribution in [0.1, 0.15) is 48.1 Å². The van der Waals surface area contributed by atoms with Gasteiger partial charge in [0.1, 0.15) is 6.04 Å². The molecule has 0 spiro atoms. The van der Waals surface area contributed by atoms with Gasteiger partial charge in [0.25, 0.3) is 5.91 Å². The highest BCUT2D eigenvalue weighted by Crippen LogP contribution is 2.26. The van der Waals surface area contributed by atoms with Crippen LogP contribution in [0.25, 0.3) is 11.6 Å². The summed E-state index contributed by atoms with van der Waals surface area (Å²) in [4.78, 5) is 17.0. The summed E-state index contributed by atoms with van der Waals surface area (Å²) >= 11 is 0. The number of carbonyl (C=O) groups is 1. The number of hydrogen-bond acceptors (Lipinski definition) is 5. The van der Waals surface area contributed by atoms with Gasteiger partial charge in [-0.05, 0) is 37.1 Å². The van der Waals surface area contributed by atoms with E-state index in [9.17, 15) is 4.79 Å². The summed E-state index contributed by atoms with van der Waals surface area (Å²) in [5, 5.41) is 6.97.